The van der Waals surface area contributed by atoms with Crippen molar-refractivity contribution < 1.29 is 24.1 Å². The summed E-state index contributed by atoms with van der Waals surface area (Å²) in [6, 6.07) is 4.71. The van der Waals surface area contributed by atoms with E-state index in [0.717, 1.165) is 0 Å². The van der Waals surface area contributed by atoms with Gasteiger partial charge in [0.25, 0.3) is 0 Å². The Balaban J connectivity index is 1.88. The second kappa shape index (κ2) is 6.41. The summed E-state index contributed by atoms with van der Waals surface area (Å²) in [4.78, 5) is 11.4. The maximum atomic E-state index is 11.4. The molecule has 3 rings (SSSR count). The van der Waals surface area contributed by atoms with Gasteiger partial charge in [-0.2, -0.15) is 0 Å². The molecule has 1 N–H and O–H groups in total. The number of Topliss-reactive ketones (excluding diaryl/α,β-unsaturated/α-hetero) is 1. The molecule has 0 amide bonds. The third kappa shape index (κ3) is 2.93. The quantitative estimate of drug-likeness (QED) is 0.547. The summed E-state index contributed by atoms with van der Waals surface area (Å²) in [5.41, 5.74) is 0.463. The minimum Gasteiger partial charge on any atom is -0.505 e. The average molecular weight is 410 g/mol. The first-order valence-corrected chi connectivity index (χ1v) is 8.00. The van der Waals surface area contributed by atoms with Crippen LogP contribution < -0.4 is 14.2 Å². The number of phenolic OH excluding ortho intramolecular Hbond substituents is 1. The third-order valence-electron chi connectivity index (χ3n) is 3.21. The van der Waals surface area contributed by atoms with Gasteiger partial charge >= 0.3 is 6.48 Å². The predicted molar refractivity (Wildman–Crippen MR) is 90.3 cm³/mol. The topological polar surface area (TPSA) is 65.0 Å². The van der Waals surface area contributed by atoms with E-state index in [0.29, 0.717) is 17.1 Å². The Morgan fingerprint density at radius 2 is 1.62 bits per heavy atom. The van der Waals surface area contributed by atoms with Gasteiger partial charge in [0.2, 0.25) is 0 Å². The van der Waals surface area contributed by atoms with Gasteiger partial charge in [0.05, 0.1) is 0 Å². The predicted octanol–water partition coefficient (Wildman–Crippen LogP) is 5.34. The van der Waals surface area contributed by atoms with Crippen molar-refractivity contribution in [3.63, 3.8) is 0 Å². The maximum absolute atomic E-state index is 11.4. The van der Waals surface area contributed by atoms with Crippen LogP contribution in [0.5, 0.6) is 23.0 Å². The van der Waals surface area contributed by atoms with Crippen molar-refractivity contribution in [1.82, 2.24) is 0 Å². The Kier molecular flexibility index (Phi) is 4.62. The highest BCUT2D eigenvalue weighted by Crippen LogP contribution is 2.50. The van der Waals surface area contributed by atoms with Crippen molar-refractivity contribution in [2.24, 2.45) is 0 Å². The highest BCUT2D eigenvalue weighted by atomic mass is 35.5. The summed E-state index contributed by atoms with van der Waals surface area (Å²) in [6.45, 7) is 0.222. The minimum atomic E-state index is -1.21. The van der Waals surface area contributed by atoms with Crippen molar-refractivity contribution >= 4 is 52.2 Å². The first kappa shape index (κ1) is 17.3. The number of phenols is 1. The van der Waals surface area contributed by atoms with Gasteiger partial charge in [-0.25, -0.2) is 0 Å². The van der Waals surface area contributed by atoms with Crippen molar-refractivity contribution in [2.75, 3.05) is 0 Å². The summed E-state index contributed by atoms with van der Waals surface area (Å²) in [7, 11) is 0. The van der Waals surface area contributed by atoms with Gasteiger partial charge < -0.3 is 19.3 Å². The van der Waals surface area contributed by atoms with Crippen LogP contribution >= 0.6 is 46.4 Å². The SMILES string of the molecule is CC(=O)c1ccc2c(c1)OC(Oc1c(Cl)c(Cl)c(O)c(Cl)c1Cl)O2. The van der Waals surface area contributed by atoms with Crippen LogP contribution in [0, 0.1) is 0 Å². The van der Waals surface area contributed by atoms with E-state index >= 15 is 0 Å². The zero-order chi connectivity index (χ0) is 17.6. The summed E-state index contributed by atoms with van der Waals surface area (Å²) < 4.78 is 16.4. The lowest BCUT2D eigenvalue weighted by Gasteiger charge is -2.16. The summed E-state index contributed by atoms with van der Waals surface area (Å²) in [5.74, 6) is 0.0390. The standard InChI is InChI=1S/C15H8Cl4O5/c1-5(20)6-2-3-7-8(4-6)23-15(22-7)24-14-11(18)9(16)13(21)10(17)12(14)19/h2-4,15,21H,1H3. The van der Waals surface area contributed by atoms with E-state index in [1.165, 1.54) is 13.0 Å². The number of hydrogen-bond donors (Lipinski definition) is 1. The summed E-state index contributed by atoms with van der Waals surface area (Å²) >= 11 is 23.8. The molecular weight excluding hydrogens is 402 g/mol. The smallest absolute Gasteiger partial charge is 0.406 e. The molecule has 0 radical (unpaired) electrons. The number of fused-ring (bicyclic) bond motifs is 1. The lowest BCUT2D eigenvalue weighted by molar-refractivity contribution is -0.112. The van der Waals surface area contributed by atoms with Crippen LogP contribution in [-0.4, -0.2) is 17.4 Å². The molecule has 24 heavy (non-hydrogen) atoms. The highest BCUT2D eigenvalue weighted by Gasteiger charge is 2.30. The van der Waals surface area contributed by atoms with E-state index in [9.17, 15) is 9.90 Å². The van der Waals surface area contributed by atoms with Crippen LogP contribution in [0.3, 0.4) is 0 Å². The van der Waals surface area contributed by atoms with Gasteiger partial charge in [-0.3, -0.25) is 4.79 Å². The molecule has 1 aliphatic heterocycles. The average Bonchev–Trinajstić information content (AvgIpc) is 2.96. The summed E-state index contributed by atoms with van der Waals surface area (Å²) in [6.07, 6.45) is 0. The molecule has 0 saturated carbocycles. The minimum absolute atomic E-state index is 0.101. The number of benzene rings is 2. The van der Waals surface area contributed by atoms with E-state index in [2.05, 4.69) is 0 Å². The maximum Gasteiger partial charge on any atom is 0.406 e. The van der Waals surface area contributed by atoms with Crippen LogP contribution in [0.25, 0.3) is 0 Å². The van der Waals surface area contributed by atoms with Gasteiger partial charge in [-0.1, -0.05) is 46.4 Å². The first-order chi connectivity index (χ1) is 11.3. The van der Waals surface area contributed by atoms with Gasteiger partial charge in [0.15, 0.2) is 28.8 Å². The fraction of sp³-hybridized carbons (Fsp3) is 0.133. The molecule has 1 unspecified atom stereocenters. The van der Waals surface area contributed by atoms with Crippen LogP contribution in [-0.2, 0) is 0 Å². The van der Waals surface area contributed by atoms with Crippen molar-refractivity contribution in [1.29, 1.82) is 0 Å². The van der Waals surface area contributed by atoms with Crippen molar-refractivity contribution in [3.8, 4) is 23.0 Å². The molecule has 0 fully saturated rings. The molecule has 1 aliphatic rings. The van der Waals surface area contributed by atoms with Crippen LogP contribution in [0.4, 0.5) is 0 Å². The molecule has 2 aromatic rings. The Morgan fingerprint density at radius 3 is 2.21 bits per heavy atom. The van der Waals surface area contributed by atoms with Gasteiger partial charge in [-0.15, -0.1) is 0 Å². The summed E-state index contributed by atoms with van der Waals surface area (Å²) in [5, 5.41) is 8.99. The normalized spacial score (nSPS) is 15.5. The molecule has 1 atom stereocenters. The van der Waals surface area contributed by atoms with Gasteiger partial charge in [0, 0.05) is 5.56 Å². The second-order valence-electron chi connectivity index (χ2n) is 4.79. The molecule has 0 bridgehead atoms. The molecule has 9 heteroatoms. The Hall–Kier alpha value is -1.53. The fourth-order valence-corrected chi connectivity index (χ4v) is 2.91. The first-order valence-electron chi connectivity index (χ1n) is 6.49. The number of ether oxygens (including phenoxy) is 3. The molecule has 0 spiro atoms. The van der Waals surface area contributed by atoms with Crippen LogP contribution in [0.2, 0.25) is 20.1 Å². The second-order valence-corrected chi connectivity index (χ2v) is 6.31. The monoisotopic (exact) mass is 408 g/mol. The number of rotatable bonds is 3. The number of hydrogen-bond acceptors (Lipinski definition) is 5. The zero-order valence-corrected chi connectivity index (χ0v) is 14.9. The molecule has 126 valence electrons. The number of aromatic hydroxyl groups is 1. The molecule has 0 saturated heterocycles. The van der Waals surface area contributed by atoms with Crippen LogP contribution in [0.15, 0.2) is 18.2 Å². The lowest BCUT2D eigenvalue weighted by atomic mass is 10.1. The molecule has 0 aromatic heterocycles. The lowest BCUT2D eigenvalue weighted by Crippen LogP contribution is -2.25. The van der Waals surface area contributed by atoms with Crippen molar-refractivity contribution in [2.45, 2.75) is 13.4 Å². The van der Waals surface area contributed by atoms with E-state index in [4.69, 9.17) is 60.6 Å². The Morgan fingerprint density at radius 1 is 1.04 bits per heavy atom. The molecule has 0 aliphatic carbocycles. The fourth-order valence-electron chi connectivity index (χ4n) is 2.00. The van der Waals surface area contributed by atoms with Gasteiger partial charge in [-0.05, 0) is 25.1 Å². The van der Waals surface area contributed by atoms with E-state index in [1.807, 2.05) is 0 Å². The number of halogens is 4. The number of ketones is 1. The third-order valence-corrected chi connectivity index (χ3v) is 4.86. The Labute approximate surface area is 156 Å². The molecule has 2 aromatic carbocycles. The Bertz CT molecular complexity index is 823. The zero-order valence-electron chi connectivity index (χ0n) is 11.9. The molecular formula is C15H8Cl4O5. The highest BCUT2D eigenvalue weighted by molar-refractivity contribution is 6.50. The van der Waals surface area contributed by atoms with Gasteiger partial charge in [0.1, 0.15) is 20.1 Å². The number of carbonyl (C=O) groups excluding carboxylic acids is 1. The molecule has 1 heterocycles. The van der Waals surface area contributed by atoms with E-state index in [-0.39, 0.29) is 31.6 Å². The number of carbonyl (C=O) groups is 1. The largest absolute Gasteiger partial charge is 0.505 e. The van der Waals surface area contributed by atoms with E-state index in [1.54, 1.807) is 12.1 Å². The van der Waals surface area contributed by atoms with Crippen LogP contribution in [0.1, 0.15) is 17.3 Å². The van der Waals surface area contributed by atoms with E-state index < -0.39 is 12.2 Å². The van der Waals surface area contributed by atoms with Crippen molar-refractivity contribution in [3.05, 3.63) is 43.9 Å². The molecule has 5 nitrogen and oxygen atoms in total.